The monoisotopic (exact) mass is 310 g/mol. The summed E-state index contributed by atoms with van der Waals surface area (Å²) in [7, 11) is 0. The zero-order chi connectivity index (χ0) is 15.6. The number of amides is 1. The number of anilines is 1. The first kappa shape index (κ1) is 14.7. The van der Waals surface area contributed by atoms with Gasteiger partial charge in [0.1, 0.15) is 5.56 Å². The fourth-order valence-corrected chi connectivity index (χ4v) is 1.80. The SMILES string of the molecule is O=C(Nc1ccc(O)c(F)c1)c1ccc(Cl)cc1[N+](=O)[O-]. The number of phenols is 1. The third kappa shape index (κ3) is 3.26. The van der Waals surface area contributed by atoms with Crippen LogP contribution in [0.1, 0.15) is 10.4 Å². The number of nitrogens with one attached hydrogen (secondary N) is 1. The Kier molecular flexibility index (Phi) is 4.04. The van der Waals surface area contributed by atoms with Gasteiger partial charge in [0.25, 0.3) is 11.6 Å². The molecule has 0 aromatic heterocycles. The molecular weight excluding hydrogens is 303 g/mol. The van der Waals surface area contributed by atoms with Crippen molar-refractivity contribution in [1.29, 1.82) is 0 Å². The molecule has 0 bridgehead atoms. The van der Waals surface area contributed by atoms with Crippen molar-refractivity contribution in [3.05, 3.63) is 62.9 Å². The quantitative estimate of drug-likeness (QED) is 0.516. The third-order valence-corrected chi connectivity index (χ3v) is 2.84. The van der Waals surface area contributed by atoms with Crippen molar-refractivity contribution < 1.29 is 19.2 Å². The lowest BCUT2D eigenvalue weighted by Crippen LogP contribution is -2.14. The van der Waals surface area contributed by atoms with Crippen LogP contribution in [0, 0.1) is 15.9 Å². The number of nitro benzene ring substituents is 1. The number of halogens is 2. The molecule has 6 nitrogen and oxygen atoms in total. The molecule has 2 aromatic carbocycles. The molecule has 2 aromatic rings. The van der Waals surface area contributed by atoms with Crippen LogP contribution in [0.3, 0.4) is 0 Å². The maximum absolute atomic E-state index is 13.2. The smallest absolute Gasteiger partial charge is 0.283 e. The van der Waals surface area contributed by atoms with Crippen LogP contribution < -0.4 is 5.32 Å². The number of phenolic OH excluding ortho intramolecular Hbond substituents is 1. The fraction of sp³-hybridized carbons (Fsp3) is 0. The van der Waals surface area contributed by atoms with E-state index in [0.717, 1.165) is 18.2 Å². The number of carbonyl (C=O) groups excluding carboxylic acids is 1. The molecule has 0 unspecified atom stereocenters. The first-order valence-corrected chi connectivity index (χ1v) is 6.00. The molecule has 0 aliphatic rings. The second-order valence-electron chi connectivity index (χ2n) is 4.04. The van der Waals surface area contributed by atoms with E-state index in [2.05, 4.69) is 5.32 Å². The highest BCUT2D eigenvalue weighted by atomic mass is 35.5. The number of nitrogens with zero attached hydrogens (tertiary/aromatic N) is 1. The lowest BCUT2D eigenvalue weighted by atomic mass is 10.1. The summed E-state index contributed by atoms with van der Waals surface area (Å²) < 4.78 is 13.2. The predicted octanol–water partition coefficient (Wildman–Crippen LogP) is 3.35. The molecule has 0 fully saturated rings. The Hall–Kier alpha value is -2.67. The number of nitro groups is 1. The van der Waals surface area contributed by atoms with Crippen molar-refractivity contribution in [3.8, 4) is 5.75 Å². The maximum atomic E-state index is 13.2. The fourth-order valence-electron chi connectivity index (χ4n) is 1.63. The summed E-state index contributed by atoms with van der Waals surface area (Å²) >= 11 is 5.65. The Morgan fingerprint density at radius 2 is 2.00 bits per heavy atom. The molecule has 2 rings (SSSR count). The van der Waals surface area contributed by atoms with E-state index in [4.69, 9.17) is 16.7 Å². The minimum absolute atomic E-state index is 0.0551. The molecule has 0 aliphatic heterocycles. The summed E-state index contributed by atoms with van der Waals surface area (Å²) in [4.78, 5) is 22.2. The van der Waals surface area contributed by atoms with E-state index < -0.39 is 28.1 Å². The topological polar surface area (TPSA) is 92.5 Å². The highest BCUT2D eigenvalue weighted by Crippen LogP contribution is 2.25. The summed E-state index contributed by atoms with van der Waals surface area (Å²) in [6.45, 7) is 0. The largest absolute Gasteiger partial charge is 0.505 e. The molecule has 0 radical (unpaired) electrons. The Labute approximate surface area is 122 Å². The predicted molar refractivity (Wildman–Crippen MR) is 74.1 cm³/mol. The lowest BCUT2D eigenvalue weighted by Gasteiger charge is -2.06. The molecule has 8 heteroatoms. The number of benzene rings is 2. The minimum atomic E-state index is -0.918. The number of aromatic hydroxyl groups is 1. The first-order chi connectivity index (χ1) is 9.88. The van der Waals surface area contributed by atoms with Gasteiger partial charge in [-0.2, -0.15) is 0 Å². The standard InChI is InChI=1S/C13H8ClFN2O4/c14-7-1-3-9(11(5-7)17(20)21)13(19)16-8-2-4-12(18)10(15)6-8/h1-6,18H,(H,16,19). The summed E-state index contributed by atoms with van der Waals surface area (Å²) in [6, 6.07) is 6.80. The summed E-state index contributed by atoms with van der Waals surface area (Å²) in [5.41, 5.74) is -0.614. The number of hydrogen-bond donors (Lipinski definition) is 2. The molecule has 0 atom stereocenters. The number of rotatable bonds is 3. The van der Waals surface area contributed by atoms with Crippen LogP contribution in [0.25, 0.3) is 0 Å². The third-order valence-electron chi connectivity index (χ3n) is 2.61. The van der Waals surface area contributed by atoms with Crippen LogP contribution in [-0.4, -0.2) is 15.9 Å². The van der Waals surface area contributed by atoms with Crippen LogP contribution in [0.4, 0.5) is 15.8 Å². The molecule has 0 heterocycles. The molecule has 2 N–H and O–H groups in total. The van der Waals surface area contributed by atoms with Gasteiger partial charge in [-0.1, -0.05) is 11.6 Å². The Bertz CT molecular complexity index is 736. The van der Waals surface area contributed by atoms with Gasteiger partial charge < -0.3 is 10.4 Å². The van der Waals surface area contributed by atoms with Gasteiger partial charge in [-0.05, 0) is 24.3 Å². The van der Waals surface area contributed by atoms with Gasteiger partial charge in [0, 0.05) is 22.8 Å². The minimum Gasteiger partial charge on any atom is -0.505 e. The Balaban J connectivity index is 2.32. The van der Waals surface area contributed by atoms with Gasteiger partial charge in [0.15, 0.2) is 11.6 Å². The summed E-state index contributed by atoms with van der Waals surface area (Å²) in [5.74, 6) is -2.27. The van der Waals surface area contributed by atoms with Gasteiger partial charge in [-0.3, -0.25) is 14.9 Å². The first-order valence-electron chi connectivity index (χ1n) is 5.62. The zero-order valence-corrected chi connectivity index (χ0v) is 11.1. The average Bonchev–Trinajstić information content (AvgIpc) is 2.42. The van der Waals surface area contributed by atoms with Crippen LogP contribution >= 0.6 is 11.6 Å². The second-order valence-corrected chi connectivity index (χ2v) is 4.48. The maximum Gasteiger partial charge on any atom is 0.283 e. The Morgan fingerprint density at radius 1 is 1.29 bits per heavy atom. The van der Waals surface area contributed by atoms with Gasteiger partial charge in [0.2, 0.25) is 0 Å². The molecular formula is C13H8ClFN2O4. The summed E-state index contributed by atoms with van der Waals surface area (Å²) in [6.07, 6.45) is 0. The average molecular weight is 311 g/mol. The van der Waals surface area contributed by atoms with Crippen LogP contribution in [-0.2, 0) is 0 Å². The van der Waals surface area contributed by atoms with Crippen molar-refractivity contribution in [2.75, 3.05) is 5.32 Å². The number of hydrogen-bond acceptors (Lipinski definition) is 4. The van der Waals surface area contributed by atoms with Crippen molar-refractivity contribution >= 4 is 28.9 Å². The second kappa shape index (κ2) is 5.76. The zero-order valence-electron chi connectivity index (χ0n) is 10.3. The van der Waals surface area contributed by atoms with E-state index >= 15 is 0 Å². The van der Waals surface area contributed by atoms with Crippen molar-refractivity contribution in [2.24, 2.45) is 0 Å². The van der Waals surface area contributed by atoms with Crippen LogP contribution in [0.15, 0.2) is 36.4 Å². The molecule has 21 heavy (non-hydrogen) atoms. The number of carbonyl (C=O) groups is 1. The molecule has 0 aliphatic carbocycles. The van der Waals surface area contributed by atoms with E-state index in [1.807, 2.05) is 0 Å². The molecule has 1 amide bonds. The van der Waals surface area contributed by atoms with E-state index in [1.54, 1.807) is 0 Å². The van der Waals surface area contributed by atoms with E-state index in [0.29, 0.717) is 0 Å². The molecule has 0 spiro atoms. The van der Waals surface area contributed by atoms with Crippen molar-refractivity contribution in [1.82, 2.24) is 0 Å². The molecule has 108 valence electrons. The summed E-state index contributed by atoms with van der Waals surface area (Å²) in [5, 5.41) is 22.4. The van der Waals surface area contributed by atoms with Gasteiger partial charge in [-0.15, -0.1) is 0 Å². The van der Waals surface area contributed by atoms with E-state index in [1.165, 1.54) is 18.2 Å². The molecule has 0 saturated carbocycles. The van der Waals surface area contributed by atoms with Crippen LogP contribution in [0.2, 0.25) is 5.02 Å². The van der Waals surface area contributed by atoms with Gasteiger partial charge in [-0.25, -0.2) is 4.39 Å². The highest BCUT2D eigenvalue weighted by Gasteiger charge is 2.20. The Morgan fingerprint density at radius 3 is 2.62 bits per heavy atom. The van der Waals surface area contributed by atoms with E-state index in [-0.39, 0.29) is 16.3 Å². The van der Waals surface area contributed by atoms with Crippen LogP contribution in [0.5, 0.6) is 5.75 Å². The lowest BCUT2D eigenvalue weighted by molar-refractivity contribution is -0.385. The van der Waals surface area contributed by atoms with Gasteiger partial charge in [0.05, 0.1) is 4.92 Å². The van der Waals surface area contributed by atoms with Gasteiger partial charge >= 0.3 is 0 Å². The van der Waals surface area contributed by atoms with E-state index in [9.17, 15) is 19.3 Å². The van der Waals surface area contributed by atoms with Crippen molar-refractivity contribution in [3.63, 3.8) is 0 Å². The normalized spacial score (nSPS) is 10.2. The van der Waals surface area contributed by atoms with Crippen molar-refractivity contribution in [2.45, 2.75) is 0 Å². The highest BCUT2D eigenvalue weighted by molar-refractivity contribution is 6.31. The molecule has 0 saturated heterocycles.